The molecule has 0 fully saturated rings. The number of alkyl carbamates (subject to hydrolysis) is 1. The maximum Gasteiger partial charge on any atom is 0.407 e. The van der Waals surface area contributed by atoms with Gasteiger partial charge in [0.25, 0.3) is 5.91 Å². The average Bonchev–Trinajstić information content (AvgIpc) is 2.72. The van der Waals surface area contributed by atoms with E-state index < -0.39 is 11.7 Å². The quantitative estimate of drug-likeness (QED) is 0.533. The molecule has 0 saturated heterocycles. The molecule has 3 amide bonds. The summed E-state index contributed by atoms with van der Waals surface area (Å²) >= 11 is 0. The molecular weight excluding hydrogens is 422 g/mol. The average molecular weight is 456 g/mol. The van der Waals surface area contributed by atoms with Crippen LogP contribution in [0.4, 0.5) is 10.5 Å². The van der Waals surface area contributed by atoms with Gasteiger partial charge in [0, 0.05) is 25.2 Å². The van der Waals surface area contributed by atoms with Crippen molar-refractivity contribution in [1.29, 1.82) is 0 Å². The number of carbonyl (C=O) groups is 3. The van der Waals surface area contributed by atoms with Gasteiger partial charge >= 0.3 is 6.09 Å². The normalized spacial score (nSPS) is 10.8. The van der Waals surface area contributed by atoms with E-state index in [0.717, 1.165) is 16.7 Å². The van der Waals surface area contributed by atoms with Crippen LogP contribution in [0.5, 0.6) is 5.75 Å². The van der Waals surface area contributed by atoms with E-state index in [1.807, 2.05) is 38.1 Å². The Morgan fingerprint density at radius 3 is 2.36 bits per heavy atom. The van der Waals surface area contributed by atoms with E-state index in [-0.39, 0.29) is 31.4 Å². The zero-order valence-corrected chi connectivity index (χ0v) is 19.9. The highest BCUT2D eigenvalue weighted by atomic mass is 16.6. The molecule has 33 heavy (non-hydrogen) atoms. The van der Waals surface area contributed by atoms with E-state index in [4.69, 9.17) is 9.47 Å². The Morgan fingerprint density at radius 1 is 0.909 bits per heavy atom. The van der Waals surface area contributed by atoms with Gasteiger partial charge in [-0.05, 0) is 75.6 Å². The molecule has 0 heterocycles. The van der Waals surface area contributed by atoms with Crippen LogP contribution in [0.3, 0.4) is 0 Å². The minimum absolute atomic E-state index is 0.0798. The van der Waals surface area contributed by atoms with Crippen LogP contribution < -0.4 is 20.7 Å². The van der Waals surface area contributed by atoms with Crippen molar-refractivity contribution in [3.63, 3.8) is 0 Å². The third-order valence-electron chi connectivity index (χ3n) is 4.57. The van der Waals surface area contributed by atoms with Gasteiger partial charge in [-0.3, -0.25) is 9.59 Å². The molecule has 0 radical (unpaired) electrons. The monoisotopic (exact) mass is 455 g/mol. The van der Waals surface area contributed by atoms with E-state index in [0.29, 0.717) is 18.0 Å². The van der Waals surface area contributed by atoms with Gasteiger partial charge in [0.1, 0.15) is 11.4 Å². The predicted octanol–water partition coefficient (Wildman–Crippen LogP) is 3.85. The molecule has 178 valence electrons. The number of rotatable bonds is 9. The molecule has 2 aromatic carbocycles. The van der Waals surface area contributed by atoms with Crippen LogP contribution in [0.15, 0.2) is 42.5 Å². The van der Waals surface area contributed by atoms with Gasteiger partial charge in [0.15, 0.2) is 6.61 Å². The molecule has 8 nitrogen and oxygen atoms in total. The van der Waals surface area contributed by atoms with Crippen LogP contribution in [0.2, 0.25) is 0 Å². The zero-order chi connectivity index (χ0) is 24.4. The highest BCUT2D eigenvalue weighted by Crippen LogP contribution is 2.16. The number of hydrogen-bond acceptors (Lipinski definition) is 5. The van der Waals surface area contributed by atoms with Crippen LogP contribution in [0, 0.1) is 13.8 Å². The van der Waals surface area contributed by atoms with Crippen molar-refractivity contribution in [1.82, 2.24) is 10.6 Å². The second-order valence-electron chi connectivity index (χ2n) is 8.74. The van der Waals surface area contributed by atoms with Crippen molar-refractivity contribution in [2.45, 2.75) is 53.2 Å². The number of anilines is 1. The number of aryl methyl sites for hydroxylation is 2. The second-order valence-corrected chi connectivity index (χ2v) is 8.74. The standard InChI is InChI=1S/C25H33N3O5/c1-17-9-10-21(13-18(17)2)32-16-23(30)27-15-19-7-6-8-20(14-19)28-22(29)11-12-26-24(31)33-25(3,4)5/h6-10,13-14H,11-12,15-16H2,1-5H3,(H,26,31)(H,27,30)(H,28,29). The van der Waals surface area contributed by atoms with Crippen molar-refractivity contribution in [2.75, 3.05) is 18.5 Å². The van der Waals surface area contributed by atoms with E-state index in [1.165, 1.54) is 0 Å². The summed E-state index contributed by atoms with van der Waals surface area (Å²) in [5.74, 6) is 0.170. The Hall–Kier alpha value is -3.55. The van der Waals surface area contributed by atoms with Gasteiger partial charge in [-0.25, -0.2) is 4.79 Å². The lowest BCUT2D eigenvalue weighted by Crippen LogP contribution is -2.34. The van der Waals surface area contributed by atoms with Crippen molar-refractivity contribution >= 4 is 23.6 Å². The smallest absolute Gasteiger partial charge is 0.407 e. The molecule has 2 aromatic rings. The summed E-state index contributed by atoms with van der Waals surface area (Å²) in [5, 5.41) is 8.13. The molecular formula is C25H33N3O5. The molecule has 0 aromatic heterocycles. The van der Waals surface area contributed by atoms with Gasteiger partial charge in [0.2, 0.25) is 5.91 Å². The van der Waals surface area contributed by atoms with Gasteiger partial charge < -0.3 is 25.4 Å². The molecule has 0 spiro atoms. The Bertz CT molecular complexity index is 982. The number of amides is 3. The number of hydrogen-bond donors (Lipinski definition) is 3. The minimum Gasteiger partial charge on any atom is -0.484 e. The summed E-state index contributed by atoms with van der Waals surface area (Å²) in [6.07, 6.45) is -0.453. The fourth-order valence-corrected chi connectivity index (χ4v) is 2.78. The van der Waals surface area contributed by atoms with Crippen molar-refractivity contribution in [3.8, 4) is 5.75 Å². The second kappa shape index (κ2) is 11.9. The fraction of sp³-hybridized carbons (Fsp3) is 0.400. The maximum atomic E-state index is 12.1. The molecule has 0 aliphatic rings. The third-order valence-corrected chi connectivity index (χ3v) is 4.57. The largest absolute Gasteiger partial charge is 0.484 e. The lowest BCUT2D eigenvalue weighted by molar-refractivity contribution is -0.123. The van der Waals surface area contributed by atoms with Crippen LogP contribution >= 0.6 is 0 Å². The lowest BCUT2D eigenvalue weighted by atomic mass is 10.1. The van der Waals surface area contributed by atoms with Crippen molar-refractivity contribution < 1.29 is 23.9 Å². The van der Waals surface area contributed by atoms with Crippen LogP contribution in [-0.4, -0.2) is 36.7 Å². The predicted molar refractivity (Wildman–Crippen MR) is 127 cm³/mol. The van der Waals surface area contributed by atoms with Crippen LogP contribution in [0.1, 0.15) is 43.9 Å². The molecule has 3 N–H and O–H groups in total. The number of benzene rings is 2. The highest BCUT2D eigenvalue weighted by molar-refractivity contribution is 5.91. The summed E-state index contributed by atoms with van der Waals surface area (Å²) < 4.78 is 10.7. The Labute approximate surface area is 195 Å². The first kappa shape index (κ1) is 25.7. The number of carbonyl (C=O) groups excluding carboxylic acids is 3. The molecule has 0 saturated carbocycles. The SMILES string of the molecule is Cc1ccc(OCC(=O)NCc2cccc(NC(=O)CCNC(=O)OC(C)(C)C)c2)cc1C. The first-order chi connectivity index (χ1) is 15.5. The Balaban J connectivity index is 1.73. The molecule has 0 aliphatic carbocycles. The van der Waals surface area contributed by atoms with E-state index >= 15 is 0 Å². The van der Waals surface area contributed by atoms with Gasteiger partial charge in [-0.1, -0.05) is 18.2 Å². The summed E-state index contributed by atoms with van der Waals surface area (Å²) in [4.78, 5) is 35.9. The van der Waals surface area contributed by atoms with Crippen LogP contribution in [0.25, 0.3) is 0 Å². The van der Waals surface area contributed by atoms with E-state index in [9.17, 15) is 14.4 Å². The maximum absolute atomic E-state index is 12.1. The third kappa shape index (κ3) is 10.1. The molecule has 0 unspecified atom stereocenters. The topological polar surface area (TPSA) is 106 Å². The minimum atomic E-state index is -0.589. The van der Waals surface area contributed by atoms with Gasteiger partial charge in [0.05, 0.1) is 0 Å². The summed E-state index contributed by atoms with van der Waals surface area (Å²) in [5.41, 5.74) is 3.12. The Morgan fingerprint density at radius 2 is 1.67 bits per heavy atom. The number of nitrogens with one attached hydrogen (secondary N) is 3. The summed E-state index contributed by atoms with van der Waals surface area (Å²) in [6.45, 7) is 9.71. The first-order valence-corrected chi connectivity index (χ1v) is 10.8. The van der Waals surface area contributed by atoms with E-state index in [2.05, 4.69) is 16.0 Å². The van der Waals surface area contributed by atoms with Crippen molar-refractivity contribution in [3.05, 3.63) is 59.2 Å². The van der Waals surface area contributed by atoms with Crippen molar-refractivity contribution in [2.24, 2.45) is 0 Å². The fourth-order valence-electron chi connectivity index (χ4n) is 2.78. The summed E-state index contributed by atoms with van der Waals surface area (Å²) in [6, 6.07) is 12.9. The van der Waals surface area contributed by atoms with Gasteiger partial charge in [-0.15, -0.1) is 0 Å². The first-order valence-electron chi connectivity index (χ1n) is 10.8. The molecule has 2 rings (SSSR count). The summed E-state index contributed by atoms with van der Waals surface area (Å²) in [7, 11) is 0. The molecule has 8 heteroatoms. The highest BCUT2D eigenvalue weighted by Gasteiger charge is 2.16. The molecule has 0 atom stereocenters. The van der Waals surface area contributed by atoms with Gasteiger partial charge in [-0.2, -0.15) is 0 Å². The van der Waals surface area contributed by atoms with E-state index in [1.54, 1.807) is 39.0 Å². The Kier molecular flexibility index (Phi) is 9.27. The number of ether oxygens (including phenoxy) is 2. The zero-order valence-electron chi connectivity index (χ0n) is 19.9. The molecule has 0 bridgehead atoms. The molecule has 0 aliphatic heterocycles. The lowest BCUT2D eigenvalue weighted by Gasteiger charge is -2.19. The van der Waals surface area contributed by atoms with Crippen LogP contribution in [-0.2, 0) is 20.9 Å².